The molecule has 0 atom stereocenters. The number of nitrogens with zero attached hydrogens (tertiary/aromatic N) is 2. The molecule has 2 aromatic rings. The zero-order valence-corrected chi connectivity index (χ0v) is 15.1. The van der Waals surface area contributed by atoms with E-state index in [1.807, 2.05) is 20.8 Å². The number of rotatable bonds is 7. The van der Waals surface area contributed by atoms with E-state index in [1.165, 1.54) is 23.0 Å². The third-order valence-corrected chi connectivity index (χ3v) is 3.59. The lowest BCUT2D eigenvalue weighted by atomic mass is 10.1. The van der Waals surface area contributed by atoms with Gasteiger partial charge in [0.2, 0.25) is 0 Å². The van der Waals surface area contributed by atoms with E-state index in [0.717, 1.165) is 5.56 Å². The Morgan fingerprint density at radius 2 is 1.92 bits per heavy atom. The molecule has 0 N–H and O–H groups in total. The van der Waals surface area contributed by atoms with Crippen LogP contribution in [0, 0.1) is 0 Å². The van der Waals surface area contributed by atoms with Crippen molar-refractivity contribution >= 4 is 11.6 Å². The van der Waals surface area contributed by atoms with E-state index in [1.54, 1.807) is 12.1 Å². The Balaban J connectivity index is 2.09. The van der Waals surface area contributed by atoms with Crippen LogP contribution in [0.4, 0.5) is 4.39 Å². The molecule has 7 heteroatoms. The molecule has 136 valence electrons. The summed E-state index contributed by atoms with van der Waals surface area (Å²) >= 11 is 6.11. The maximum atomic E-state index is 12.3. The molecule has 25 heavy (non-hydrogen) atoms. The van der Waals surface area contributed by atoms with E-state index in [0.29, 0.717) is 0 Å². The summed E-state index contributed by atoms with van der Waals surface area (Å²) < 4.78 is 39.5. The Labute approximate surface area is 154 Å². The summed E-state index contributed by atoms with van der Waals surface area (Å²) in [4.78, 5) is 12.3. The fraction of sp³-hybridized carbons (Fsp3) is 0.444. The number of hydrogen-bond acceptors (Lipinski definition) is 4. The van der Waals surface area contributed by atoms with Crippen molar-refractivity contribution in [3.05, 3.63) is 57.0 Å². The maximum Gasteiger partial charge on any atom is 0.289 e. The van der Waals surface area contributed by atoms with E-state index in [2.05, 4.69) is 5.10 Å². The number of aromatic nitrogens is 2. The van der Waals surface area contributed by atoms with E-state index >= 15 is 0 Å². The van der Waals surface area contributed by atoms with Crippen LogP contribution in [0.3, 0.4) is 0 Å². The van der Waals surface area contributed by atoms with E-state index in [4.69, 9.17) is 23.8 Å². The van der Waals surface area contributed by atoms with Crippen LogP contribution in [0.15, 0.2) is 35.3 Å². The van der Waals surface area contributed by atoms with Crippen molar-refractivity contribution in [1.82, 2.24) is 9.78 Å². The van der Waals surface area contributed by atoms with Crippen LogP contribution in [-0.2, 0) is 23.4 Å². The number of halogens is 2. The van der Waals surface area contributed by atoms with Crippen molar-refractivity contribution in [2.24, 2.45) is 0 Å². The summed E-state index contributed by atoms with van der Waals surface area (Å²) in [5.41, 5.74) is 0.0664. The van der Waals surface area contributed by atoms with E-state index < -0.39 is 24.3 Å². The van der Waals surface area contributed by atoms with Crippen molar-refractivity contribution in [2.45, 2.75) is 39.5 Å². The molecule has 0 saturated carbocycles. The van der Waals surface area contributed by atoms with Crippen molar-refractivity contribution in [2.75, 3.05) is 13.3 Å². The number of ether oxygens (including phenoxy) is 2. The maximum absolute atomic E-state index is 12.3. The lowest BCUT2D eigenvalue weighted by Gasteiger charge is -2.21. The predicted molar refractivity (Wildman–Crippen MR) is 94.9 cm³/mol. The van der Waals surface area contributed by atoms with Crippen LogP contribution in [-0.4, -0.2) is 23.1 Å². The smallest absolute Gasteiger partial charge is 0.289 e. The molecule has 0 bridgehead atoms. The molecule has 0 amide bonds. The van der Waals surface area contributed by atoms with Crippen molar-refractivity contribution in [3.63, 3.8) is 0 Å². The first-order chi connectivity index (χ1) is 12.6. The first-order valence-electron chi connectivity index (χ1n) is 8.76. The van der Waals surface area contributed by atoms with Crippen LogP contribution < -0.4 is 10.3 Å². The van der Waals surface area contributed by atoms with Gasteiger partial charge in [0, 0.05) is 0 Å². The van der Waals surface area contributed by atoms with Gasteiger partial charge in [0.05, 0.1) is 27.6 Å². The highest BCUT2D eigenvalue weighted by Gasteiger charge is 2.19. The summed E-state index contributed by atoms with van der Waals surface area (Å²) in [5.74, 6) is 0.174. The first-order valence-corrected chi connectivity index (χ1v) is 8.14. The Kier molecular flexibility index (Phi) is 5.59. The van der Waals surface area contributed by atoms with Gasteiger partial charge in [-0.25, -0.2) is 9.07 Å². The lowest BCUT2D eigenvalue weighted by molar-refractivity contribution is 0.106. The van der Waals surface area contributed by atoms with Gasteiger partial charge in [-0.05, 0) is 31.9 Å². The minimum atomic E-state index is -2.07. The number of benzene rings is 1. The topological polar surface area (TPSA) is 53.4 Å². The summed E-state index contributed by atoms with van der Waals surface area (Å²) in [7, 11) is 0. The molecule has 0 spiro atoms. The molecule has 5 nitrogen and oxygen atoms in total. The Morgan fingerprint density at radius 3 is 2.52 bits per heavy atom. The highest BCUT2D eigenvalue weighted by atomic mass is 35.5. The van der Waals surface area contributed by atoms with Crippen LogP contribution in [0.25, 0.3) is 0 Å². The van der Waals surface area contributed by atoms with Crippen molar-refractivity contribution < 1.29 is 16.6 Å². The van der Waals surface area contributed by atoms with Crippen molar-refractivity contribution in [1.29, 1.82) is 0 Å². The van der Waals surface area contributed by atoms with Gasteiger partial charge < -0.3 is 9.47 Å². The highest BCUT2D eigenvalue weighted by molar-refractivity contribution is 6.31. The quantitative estimate of drug-likeness (QED) is 0.745. The largest absolute Gasteiger partial charge is 0.485 e. The molecule has 0 aliphatic carbocycles. The van der Waals surface area contributed by atoms with Gasteiger partial charge >= 0.3 is 0 Å². The average molecular weight is 371 g/mol. The third-order valence-electron chi connectivity index (χ3n) is 3.24. The monoisotopic (exact) mass is 370 g/mol. The standard InChI is InChI=1S/C18H22ClFN2O3/c1-18(2,3)22-17(23)16(19)15(10-21-22)25-12-14-6-4-13(5-7-14)11-24-9-8-20/h4-7,10H,8-9,11-12H2,1-3H3/i11D2. The number of alkyl halides is 1. The predicted octanol–water partition coefficient (Wildman–Crippen LogP) is 3.72. The Bertz CT molecular complexity index is 836. The van der Waals surface area contributed by atoms with Gasteiger partial charge in [-0.2, -0.15) is 5.10 Å². The summed E-state index contributed by atoms with van der Waals surface area (Å²) in [6, 6.07) is 6.39. The third kappa shape index (κ3) is 5.28. The fourth-order valence-corrected chi connectivity index (χ4v) is 2.18. The second-order valence-corrected chi connectivity index (χ2v) is 6.71. The lowest BCUT2D eigenvalue weighted by Crippen LogP contribution is -2.36. The molecule has 1 aromatic carbocycles. The minimum Gasteiger partial charge on any atom is -0.485 e. The molecule has 0 fully saturated rings. The van der Waals surface area contributed by atoms with Crippen LogP contribution in [0.2, 0.25) is 5.02 Å². The van der Waals surface area contributed by atoms with Crippen LogP contribution in [0.1, 0.15) is 34.6 Å². The van der Waals surface area contributed by atoms with Crippen LogP contribution >= 0.6 is 11.6 Å². The van der Waals surface area contributed by atoms with Gasteiger partial charge in [0.1, 0.15) is 13.3 Å². The highest BCUT2D eigenvalue weighted by Crippen LogP contribution is 2.21. The summed E-state index contributed by atoms with van der Waals surface area (Å²) in [5, 5.41) is 4.05. The molecule has 0 saturated heterocycles. The molecular weight excluding hydrogens is 347 g/mol. The second-order valence-electron chi connectivity index (χ2n) is 6.34. The van der Waals surface area contributed by atoms with Crippen molar-refractivity contribution in [3.8, 4) is 5.75 Å². The number of hydrogen-bond donors (Lipinski definition) is 0. The molecule has 1 aromatic heterocycles. The minimum absolute atomic E-state index is 0.0486. The molecule has 1 heterocycles. The zero-order chi connectivity index (χ0) is 20.2. The summed E-state index contributed by atoms with van der Waals surface area (Å²) in [6.07, 6.45) is 1.40. The fourth-order valence-electron chi connectivity index (χ4n) is 2.00. The van der Waals surface area contributed by atoms with Gasteiger partial charge in [-0.3, -0.25) is 4.79 Å². The second kappa shape index (κ2) is 8.45. The van der Waals surface area contributed by atoms with Gasteiger partial charge in [0.15, 0.2) is 10.8 Å². The first kappa shape index (κ1) is 16.5. The van der Waals surface area contributed by atoms with E-state index in [9.17, 15) is 9.18 Å². The SMILES string of the molecule is [2H]C([2H])(OCCF)c1ccc(COc2cnn(C(C)(C)C)c(=O)c2Cl)cc1. The zero-order valence-electron chi connectivity index (χ0n) is 16.4. The Morgan fingerprint density at radius 1 is 1.28 bits per heavy atom. The summed E-state index contributed by atoms with van der Waals surface area (Å²) in [6.45, 7) is 2.50. The van der Waals surface area contributed by atoms with Gasteiger partial charge in [-0.1, -0.05) is 35.9 Å². The molecular formula is C18H22ClFN2O3. The molecule has 0 radical (unpaired) electrons. The van der Waals surface area contributed by atoms with Gasteiger partial charge in [-0.15, -0.1) is 0 Å². The normalized spacial score (nSPS) is 13.3. The van der Waals surface area contributed by atoms with Gasteiger partial charge in [0.25, 0.3) is 5.56 Å². The van der Waals surface area contributed by atoms with E-state index in [-0.39, 0.29) is 29.5 Å². The average Bonchev–Trinajstić information content (AvgIpc) is 2.60. The molecule has 0 aliphatic rings. The van der Waals surface area contributed by atoms with Crippen LogP contribution in [0.5, 0.6) is 5.75 Å². The molecule has 0 aliphatic heterocycles. The Hall–Kier alpha value is -1.92. The molecule has 0 unspecified atom stereocenters. The molecule has 2 rings (SSSR count).